The van der Waals surface area contributed by atoms with Crippen LogP contribution in [-0.2, 0) is 25.2 Å². The Hall–Kier alpha value is -4.47. The van der Waals surface area contributed by atoms with Crippen LogP contribution in [0.15, 0.2) is 71.8 Å². The van der Waals surface area contributed by atoms with E-state index < -0.39 is 27.6 Å². The number of nitrogens with zero attached hydrogens (tertiary/aromatic N) is 5. The van der Waals surface area contributed by atoms with Crippen molar-refractivity contribution in [2.24, 2.45) is 11.8 Å². The summed E-state index contributed by atoms with van der Waals surface area (Å²) in [5, 5.41) is 9.83. The SMILES string of the molecule is CCOc1ncccc1C1(OC(=O)N2CCC(C3CCN(C)CC3)CC2)C(=O)N(S(=O)(=O)c2ccccc2)c2ccc(C#N)cc21. The zero-order valence-corrected chi connectivity index (χ0v) is 26.8. The first kappa shape index (κ1) is 31.5. The Morgan fingerprint density at radius 3 is 2.30 bits per heavy atom. The third kappa shape index (κ3) is 5.48. The largest absolute Gasteiger partial charge is 0.478 e. The lowest BCUT2D eigenvalue weighted by Gasteiger charge is -2.40. The molecule has 0 radical (unpaired) electrons. The summed E-state index contributed by atoms with van der Waals surface area (Å²) in [4.78, 5) is 37.1. The van der Waals surface area contributed by atoms with E-state index in [9.17, 15) is 23.3 Å². The molecule has 12 heteroatoms. The normalized spacial score (nSPS) is 21.1. The third-order valence-corrected chi connectivity index (χ3v) is 11.1. The summed E-state index contributed by atoms with van der Waals surface area (Å²) in [6.07, 6.45) is 4.61. The molecule has 46 heavy (non-hydrogen) atoms. The van der Waals surface area contributed by atoms with Crippen LogP contribution in [0.1, 0.15) is 49.3 Å². The summed E-state index contributed by atoms with van der Waals surface area (Å²) in [6.45, 7) is 4.96. The van der Waals surface area contributed by atoms with Crippen molar-refractivity contribution < 1.29 is 27.5 Å². The summed E-state index contributed by atoms with van der Waals surface area (Å²) < 4.78 is 41.0. The number of rotatable bonds is 7. The molecule has 0 bridgehead atoms. The molecule has 2 aromatic carbocycles. The zero-order chi connectivity index (χ0) is 32.5. The molecule has 6 rings (SSSR count). The summed E-state index contributed by atoms with van der Waals surface area (Å²) in [7, 11) is -2.34. The van der Waals surface area contributed by atoms with E-state index in [1.165, 1.54) is 42.6 Å². The van der Waals surface area contributed by atoms with Gasteiger partial charge in [0, 0.05) is 24.8 Å². The molecule has 3 aromatic rings. The van der Waals surface area contributed by atoms with Gasteiger partial charge in [0.15, 0.2) is 0 Å². The van der Waals surface area contributed by atoms with Crippen molar-refractivity contribution in [2.75, 3.05) is 44.1 Å². The Bertz CT molecular complexity index is 1760. The maximum atomic E-state index is 14.8. The molecule has 1 aromatic heterocycles. The Morgan fingerprint density at radius 1 is 0.978 bits per heavy atom. The molecule has 0 saturated carbocycles. The minimum Gasteiger partial charge on any atom is -0.478 e. The third-order valence-electron chi connectivity index (χ3n) is 9.39. The van der Waals surface area contributed by atoms with E-state index in [2.05, 4.69) is 23.0 Å². The lowest BCUT2D eigenvalue weighted by Crippen LogP contribution is -2.50. The lowest BCUT2D eigenvalue weighted by atomic mass is 9.79. The number of pyridine rings is 1. The highest BCUT2D eigenvalue weighted by molar-refractivity contribution is 7.93. The molecule has 3 aliphatic rings. The minimum atomic E-state index is -4.48. The molecule has 4 heterocycles. The number of benzene rings is 2. The molecule has 2 fully saturated rings. The monoisotopic (exact) mass is 643 g/mol. The fraction of sp³-hybridized carbons (Fsp3) is 0.412. The number of anilines is 1. The molecular weight excluding hydrogens is 606 g/mol. The molecule has 11 nitrogen and oxygen atoms in total. The highest BCUT2D eigenvalue weighted by Gasteiger charge is 2.61. The van der Waals surface area contributed by atoms with E-state index in [0.717, 1.165) is 38.8 Å². The smallest absolute Gasteiger partial charge is 0.411 e. The van der Waals surface area contributed by atoms with Gasteiger partial charge in [0.25, 0.3) is 21.5 Å². The molecule has 0 N–H and O–H groups in total. The number of amides is 2. The van der Waals surface area contributed by atoms with Crippen LogP contribution in [-0.4, -0.2) is 75.0 Å². The number of ether oxygens (including phenoxy) is 2. The molecule has 0 aliphatic carbocycles. The van der Waals surface area contributed by atoms with Crippen LogP contribution in [0.4, 0.5) is 10.5 Å². The van der Waals surface area contributed by atoms with Crippen LogP contribution in [0.25, 0.3) is 0 Å². The number of sulfonamides is 1. The number of aromatic nitrogens is 1. The number of carbonyl (C=O) groups excluding carboxylic acids is 2. The van der Waals surface area contributed by atoms with E-state index >= 15 is 0 Å². The Labute approximate surface area is 269 Å². The average Bonchev–Trinajstić information content (AvgIpc) is 3.33. The van der Waals surface area contributed by atoms with E-state index in [-0.39, 0.29) is 39.8 Å². The zero-order valence-electron chi connectivity index (χ0n) is 26.0. The van der Waals surface area contributed by atoms with Crippen LogP contribution in [0.5, 0.6) is 5.88 Å². The van der Waals surface area contributed by atoms with Crippen LogP contribution in [0.2, 0.25) is 0 Å². The molecule has 0 spiro atoms. The van der Waals surface area contributed by atoms with Crippen LogP contribution < -0.4 is 9.04 Å². The predicted octanol–water partition coefficient (Wildman–Crippen LogP) is 4.52. The molecular formula is C34H37N5O6S. The van der Waals surface area contributed by atoms with Gasteiger partial charge >= 0.3 is 6.09 Å². The fourth-order valence-corrected chi connectivity index (χ4v) is 8.42. The van der Waals surface area contributed by atoms with E-state index in [0.29, 0.717) is 29.2 Å². The number of fused-ring (bicyclic) bond motifs is 1. The molecule has 2 saturated heterocycles. The number of piperidine rings is 2. The molecule has 240 valence electrons. The molecule has 1 atom stereocenters. The highest BCUT2D eigenvalue weighted by atomic mass is 32.2. The fourth-order valence-electron chi connectivity index (χ4n) is 6.94. The second kappa shape index (κ2) is 12.7. The van der Waals surface area contributed by atoms with Crippen LogP contribution in [0, 0.1) is 23.2 Å². The summed E-state index contributed by atoms with van der Waals surface area (Å²) >= 11 is 0. The number of carbonyl (C=O) groups is 2. The Morgan fingerprint density at radius 2 is 1.65 bits per heavy atom. The first-order valence-electron chi connectivity index (χ1n) is 15.6. The minimum absolute atomic E-state index is 0.0133. The number of likely N-dealkylation sites (tertiary alicyclic amines) is 2. The van der Waals surface area contributed by atoms with Gasteiger partial charge in [-0.1, -0.05) is 18.2 Å². The highest BCUT2D eigenvalue weighted by Crippen LogP contribution is 2.51. The standard InChI is InChI=1S/C34H37N5O6S/c1-3-44-31-28(10-7-17-36-31)34(45-33(41)38-20-15-26(16-21-38)25-13-18-37(2)19-14-25)29-22-24(23-35)11-12-30(29)39(32(34)40)46(42,43)27-8-5-4-6-9-27/h4-12,17,22,25-26H,3,13-16,18-21H2,1-2H3. The van der Waals surface area contributed by atoms with Gasteiger partial charge in [0.1, 0.15) is 0 Å². The van der Waals surface area contributed by atoms with E-state index in [4.69, 9.17) is 9.47 Å². The molecule has 2 amide bonds. The van der Waals surface area contributed by atoms with Crippen LogP contribution >= 0.6 is 0 Å². The lowest BCUT2D eigenvalue weighted by molar-refractivity contribution is -0.132. The Kier molecular flexibility index (Phi) is 8.72. The van der Waals surface area contributed by atoms with Gasteiger partial charge in [-0.2, -0.15) is 9.57 Å². The van der Waals surface area contributed by atoms with Gasteiger partial charge in [0.2, 0.25) is 5.88 Å². The van der Waals surface area contributed by atoms with E-state index in [1.807, 2.05) is 0 Å². The molecule has 1 unspecified atom stereocenters. The van der Waals surface area contributed by atoms with Gasteiger partial charge in [0.05, 0.1) is 34.4 Å². The second-order valence-corrected chi connectivity index (χ2v) is 13.8. The topological polar surface area (TPSA) is 133 Å². The quantitative estimate of drug-likeness (QED) is 0.364. The van der Waals surface area contributed by atoms with Gasteiger partial charge < -0.3 is 19.3 Å². The Balaban J connectivity index is 1.43. The summed E-state index contributed by atoms with van der Waals surface area (Å²) in [5.41, 5.74) is -2.05. The average molecular weight is 644 g/mol. The molecule has 3 aliphatic heterocycles. The number of hydrogen-bond donors (Lipinski definition) is 0. The van der Waals surface area contributed by atoms with Crippen LogP contribution in [0.3, 0.4) is 0 Å². The predicted molar refractivity (Wildman–Crippen MR) is 169 cm³/mol. The first-order chi connectivity index (χ1) is 22.2. The van der Waals surface area contributed by atoms with Gasteiger partial charge in [-0.3, -0.25) is 4.79 Å². The van der Waals surface area contributed by atoms with Crippen molar-refractivity contribution >= 4 is 27.7 Å². The van der Waals surface area contributed by atoms with Crippen molar-refractivity contribution in [3.8, 4) is 11.9 Å². The van der Waals surface area contributed by atoms with Crippen molar-refractivity contribution in [3.63, 3.8) is 0 Å². The van der Waals surface area contributed by atoms with Gasteiger partial charge in [-0.15, -0.1) is 0 Å². The first-order valence-corrected chi connectivity index (χ1v) is 17.1. The van der Waals surface area contributed by atoms with Gasteiger partial charge in [-0.25, -0.2) is 18.2 Å². The maximum Gasteiger partial charge on any atom is 0.411 e. The van der Waals surface area contributed by atoms with E-state index in [1.54, 1.807) is 36.1 Å². The summed E-state index contributed by atoms with van der Waals surface area (Å²) in [6, 6.07) is 17.0. The van der Waals surface area contributed by atoms with Crippen molar-refractivity contribution in [3.05, 3.63) is 83.6 Å². The number of nitriles is 1. The van der Waals surface area contributed by atoms with Gasteiger partial charge in [-0.05, 0) is 107 Å². The van der Waals surface area contributed by atoms with Crippen molar-refractivity contribution in [2.45, 2.75) is 43.1 Å². The van der Waals surface area contributed by atoms with Crippen molar-refractivity contribution in [1.29, 1.82) is 5.26 Å². The number of hydrogen-bond acceptors (Lipinski definition) is 9. The summed E-state index contributed by atoms with van der Waals surface area (Å²) in [5.74, 6) is 0.0896. The van der Waals surface area contributed by atoms with Crippen molar-refractivity contribution in [1.82, 2.24) is 14.8 Å². The maximum absolute atomic E-state index is 14.8. The second-order valence-electron chi connectivity index (χ2n) is 12.0.